The number of nitrogens with zero attached hydrogens (tertiary/aromatic N) is 2. The summed E-state index contributed by atoms with van der Waals surface area (Å²) in [5.41, 5.74) is 2.79. The molecule has 130 valence electrons. The maximum atomic E-state index is 12.7. The van der Waals surface area contributed by atoms with Crippen molar-refractivity contribution in [3.8, 4) is 11.8 Å². The van der Waals surface area contributed by atoms with Crippen LogP contribution in [0.3, 0.4) is 0 Å². The van der Waals surface area contributed by atoms with Gasteiger partial charge in [-0.3, -0.25) is 4.79 Å². The smallest absolute Gasteiger partial charge is 0.223 e. The zero-order chi connectivity index (χ0) is 18.2. The fourth-order valence-corrected chi connectivity index (χ4v) is 2.87. The van der Waals surface area contributed by atoms with Crippen LogP contribution < -0.4 is 4.74 Å². The first-order chi connectivity index (χ1) is 12.1. The van der Waals surface area contributed by atoms with E-state index in [4.69, 9.17) is 10.00 Å². The van der Waals surface area contributed by atoms with E-state index in [1.54, 1.807) is 19.2 Å². The van der Waals surface area contributed by atoms with E-state index in [1.807, 2.05) is 55.1 Å². The monoisotopic (exact) mass is 336 g/mol. The maximum Gasteiger partial charge on any atom is 0.223 e. The van der Waals surface area contributed by atoms with Gasteiger partial charge in [-0.05, 0) is 55.7 Å². The molecule has 0 aromatic heterocycles. The predicted molar refractivity (Wildman–Crippen MR) is 98.3 cm³/mol. The lowest BCUT2D eigenvalue weighted by atomic mass is 10.0. The minimum Gasteiger partial charge on any atom is -0.497 e. The molecule has 2 rings (SSSR count). The molecule has 4 nitrogen and oxygen atoms in total. The molecule has 1 amide bonds. The Morgan fingerprint density at radius 2 is 1.80 bits per heavy atom. The van der Waals surface area contributed by atoms with Crippen LogP contribution in [0.15, 0.2) is 48.5 Å². The van der Waals surface area contributed by atoms with Crippen molar-refractivity contribution in [2.24, 2.45) is 0 Å². The van der Waals surface area contributed by atoms with Gasteiger partial charge < -0.3 is 9.64 Å². The summed E-state index contributed by atoms with van der Waals surface area (Å²) in [7, 11) is 1.64. The van der Waals surface area contributed by atoms with Gasteiger partial charge in [-0.2, -0.15) is 5.26 Å². The molecule has 1 unspecified atom stereocenters. The molecule has 2 aromatic carbocycles. The summed E-state index contributed by atoms with van der Waals surface area (Å²) in [6.07, 6.45) is 1.18. The number of amides is 1. The molecule has 0 bridgehead atoms. The Bertz CT molecular complexity index is 730. The first-order valence-corrected chi connectivity index (χ1v) is 8.51. The van der Waals surface area contributed by atoms with Crippen LogP contribution in [-0.4, -0.2) is 24.5 Å². The van der Waals surface area contributed by atoms with Gasteiger partial charge >= 0.3 is 0 Å². The maximum absolute atomic E-state index is 12.7. The predicted octanol–water partition coefficient (Wildman–Crippen LogP) is 4.11. The number of aryl methyl sites for hydroxylation is 1. The van der Waals surface area contributed by atoms with Gasteiger partial charge in [0.15, 0.2) is 0 Å². The van der Waals surface area contributed by atoms with E-state index in [-0.39, 0.29) is 11.9 Å². The van der Waals surface area contributed by atoms with Gasteiger partial charge in [-0.15, -0.1) is 0 Å². The average Bonchev–Trinajstić information content (AvgIpc) is 2.67. The molecule has 0 aliphatic heterocycles. The molecule has 0 N–H and O–H groups in total. The molecule has 0 heterocycles. The van der Waals surface area contributed by atoms with Crippen molar-refractivity contribution in [1.82, 2.24) is 4.90 Å². The largest absolute Gasteiger partial charge is 0.497 e. The van der Waals surface area contributed by atoms with E-state index >= 15 is 0 Å². The molecule has 2 aromatic rings. The normalized spacial score (nSPS) is 11.4. The summed E-state index contributed by atoms with van der Waals surface area (Å²) in [4.78, 5) is 14.5. The summed E-state index contributed by atoms with van der Waals surface area (Å²) in [6.45, 7) is 4.67. The van der Waals surface area contributed by atoms with Gasteiger partial charge in [0, 0.05) is 13.0 Å². The zero-order valence-corrected chi connectivity index (χ0v) is 15.0. The Morgan fingerprint density at radius 1 is 1.16 bits per heavy atom. The third-order valence-electron chi connectivity index (χ3n) is 4.44. The summed E-state index contributed by atoms with van der Waals surface area (Å²) in [5, 5.41) is 8.90. The molecule has 0 spiro atoms. The van der Waals surface area contributed by atoms with E-state index in [0.717, 1.165) is 16.9 Å². The van der Waals surface area contributed by atoms with Crippen LogP contribution in [0.25, 0.3) is 0 Å². The minimum absolute atomic E-state index is 0.0129. The molecule has 0 saturated heterocycles. The zero-order valence-electron chi connectivity index (χ0n) is 15.0. The van der Waals surface area contributed by atoms with Crippen molar-refractivity contribution in [2.45, 2.75) is 32.7 Å². The van der Waals surface area contributed by atoms with E-state index in [0.29, 0.717) is 24.9 Å². The van der Waals surface area contributed by atoms with E-state index < -0.39 is 0 Å². The van der Waals surface area contributed by atoms with Crippen molar-refractivity contribution in [3.63, 3.8) is 0 Å². The van der Waals surface area contributed by atoms with Gasteiger partial charge in [0.2, 0.25) is 5.91 Å². The van der Waals surface area contributed by atoms with Crippen LogP contribution in [-0.2, 0) is 11.2 Å². The lowest BCUT2D eigenvalue weighted by Crippen LogP contribution is -2.33. The average molecular weight is 336 g/mol. The molecular formula is C21H24N2O2. The van der Waals surface area contributed by atoms with E-state index in [2.05, 4.69) is 6.07 Å². The number of methoxy groups -OCH3 is 1. The van der Waals surface area contributed by atoms with Crippen molar-refractivity contribution in [2.75, 3.05) is 13.7 Å². The minimum atomic E-state index is -0.0129. The molecule has 4 heteroatoms. The highest BCUT2D eigenvalue weighted by Gasteiger charge is 2.19. The van der Waals surface area contributed by atoms with Crippen molar-refractivity contribution >= 4 is 5.91 Å². The summed E-state index contributed by atoms with van der Waals surface area (Å²) >= 11 is 0. The molecule has 25 heavy (non-hydrogen) atoms. The standard InChI is InChI=1S/C21H24N2O2/c1-4-23(16(2)19-10-5-18(15-22)6-11-19)21(24)14-9-17-7-12-20(25-3)13-8-17/h5-8,10-13,16H,4,9,14H2,1-3H3. The molecule has 0 aliphatic rings. The van der Waals surface area contributed by atoms with Crippen LogP contribution in [0.2, 0.25) is 0 Å². The van der Waals surface area contributed by atoms with Gasteiger partial charge in [0.1, 0.15) is 5.75 Å². The molecule has 0 saturated carbocycles. The number of benzene rings is 2. The Labute approximate surface area is 149 Å². The highest BCUT2D eigenvalue weighted by atomic mass is 16.5. The third kappa shape index (κ3) is 4.84. The van der Waals surface area contributed by atoms with Crippen molar-refractivity contribution in [1.29, 1.82) is 5.26 Å². The van der Waals surface area contributed by atoms with Crippen LogP contribution >= 0.6 is 0 Å². The first kappa shape index (κ1) is 18.5. The quantitative estimate of drug-likeness (QED) is 0.764. The van der Waals surface area contributed by atoms with Crippen molar-refractivity contribution < 1.29 is 9.53 Å². The molecule has 0 radical (unpaired) electrons. The molecular weight excluding hydrogens is 312 g/mol. The fourth-order valence-electron chi connectivity index (χ4n) is 2.87. The van der Waals surface area contributed by atoms with Crippen LogP contribution in [0.5, 0.6) is 5.75 Å². The van der Waals surface area contributed by atoms with Crippen molar-refractivity contribution in [3.05, 3.63) is 65.2 Å². The van der Waals surface area contributed by atoms with Gasteiger partial charge in [0.05, 0.1) is 24.8 Å². The van der Waals surface area contributed by atoms with Gasteiger partial charge in [-0.1, -0.05) is 24.3 Å². The van der Waals surface area contributed by atoms with Gasteiger partial charge in [0.25, 0.3) is 0 Å². The fraction of sp³-hybridized carbons (Fsp3) is 0.333. The number of carbonyl (C=O) groups is 1. The molecule has 0 aliphatic carbocycles. The second-order valence-electron chi connectivity index (χ2n) is 5.94. The Balaban J connectivity index is 1.99. The molecule has 1 atom stereocenters. The third-order valence-corrected chi connectivity index (χ3v) is 4.44. The highest BCUT2D eigenvalue weighted by molar-refractivity contribution is 5.77. The Kier molecular flexibility index (Phi) is 6.59. The SMILES string of the molecule is CCN(C(=O)CCc1ccc(OC)cc1)C(C)c1ccc(C#N)cc1. The van der Waals surface area contributed by atoms with Crippen LogP contribution in [0, 0.1) is 11.3 Å². The Morgan fingerprint density at radius 3 is 2.32 bits per heavy atom. The number of rotatable bonds is 7. The van der Waals surface area contributed by atoms with Gasteiger partial charge in [-0.25, -0.2) is 0 Å². The van der Waals surface area contributed by atoms with E-state index in [9.17, 15) is 4.79 Å². The highest BCUT2D eigenvalue weighted by Crippen LogP contribution is 2.22. The number of hydrogen-bond acceptors (Lipinski definition) is 3. The summed E-state index contributed by atoms with van der Waals surface area (Å²) < 4.78 is 5.15. The lowest BCUT2D eigenvalue weighted by Gasteiger charge is -2.28. The second-order valence-corrected chi connectivity index (χ2v) is 5.94. The van der Waals surface area contributed by atoms with Crippen LogP contribution in [0.4, 0.5) is 0 Å². The lowest BCUT2D eigenvalue weighted by molar-refractivity contribution is -0.133. The topological polar surface area (TPSA) is 53.3 Å². The summed E-state index contributed by atoms with van der Waals surface area (Å²) in [6, 6.07) is 17.3. The van der Waals surface area contributed by atoms with E-state index in [1.165, 1.54) is 0 Å². The molecule has 0 fully saturated rings. The number of carbonyl (C=O) groups excluding carboxylic acids is 1. The summed E-state index contributed by atoms with van der Waals surface area (Å²) in [5.74, 6) is 0.954. The number of nitriles is 1. The Hall–Kier alpha value is -2.80. The first-order valence-electron chi connectivity index (χ1n) is 8.51. The number of ether oxygens (including phenoxy) is 1. The number of hydrogen-bond donors (Lipinski definition) is 0. The second kappa shape index (κ2) is 8.89. The van der Waals surface area contributed by atoms with Crippen LogP contribution in [0.1, 0.15) is 43.0 Å².